The molecule has 0 saturated carbocycles. The number of methoxy groups -OCH3 is 1. The van der Waals surface area contributed by atoms with Crippen LogP contribution in [0.5, 0.6) is 5.75 Å². The number of carbonyl (C=O) groups excluding carboxylic acids is 1. The first kappa shape index (κ1) is 15.4. The molecular formula is C16H20N2O2S. The van der Waals surface area contributed by atoms with Crippen molar-refractivity contribution in [3.63, 3.8) is 0 Å². The molecular weight excluding hydrogens is 284 g/mol. The lowest BCUT2D eigenvalue weighted by atomic mass is 10.1. The Hall–Kier alpha value is -2.01. The van der Waals surface area contributed by atoms with E-state index in [1.165, 1.54) is 4.88 Å². The summed E-state index contributed by atoms with van der Waals surface area (Å²) in [7, 11) is 3.38. The topological polar surface area (TPSA) is 55.6 Å². The van der Waals surface area contributed by atoms with Gasteiger partial charge in [-0.05, 0) is 30.5 Å². The van der Waals surface area contributed by atoms with E-state index in [1.807, 2.05) is 25.4 Å². The number of amides is 1. The summed E-state index contributed by atoms with van der Waals surface area (Å²) < 4.78 is 5.10. The van der Waals surface area contributed by atoms with Crippen LogP contribution in [0.1, 0.15) is 22.2 Å². The second kappa shape index (κ2) is 6.63. The van der Waals surface area contributed by atoms with Gasteiger partial charge in [-0.2, -0.15) is 0 Å². The minimum Gasteiger partial charge on any atom is -0.497 e. The molecule has 0 aliphatic carbocycles. The number of hydrogen-bond donors (Lipinski definition) is 1. The van der Waals surface area contributed by atoms with Crippen LogP contribution in [0.4, 0.5) is 5.69 Å². The van der Waals surface area contributed by atoms with Gasteiger partial charge in [0.2, 0.25) is 0 Å². The number of nitrogens with two attached hydrogens (primary N) is 1. The van der Waals surface area contributed by atoms with E-state index in [0.717, 1.165) is 6.42 Å². The van der Waals surface area contributed by atoms with Crippen LogP contribution in [0, 0.1) is 0 Å². The van der Waals surface area contributed by atoms with Gasteiger partial charge in [0.1, 0.15) is 5.75 Å². The molecule has 112 valence electrons. The van der Waals surface area contributed by atoms with Gasteiger partial charge in [-0.1, -0.05) is 6.07 Å². The summed E-state index contributed by atoms with van der Waals surface area (Å²) >= 11 is 1.71. The number of ether oxygens (including phenoxy) is 1. The molecule has 1 atom stereocenters. The maximum atomic E-state index is 12.5. The molecule has 5 heteroatoms. The smallest absolute Gasteiger partial charge is 0.255 e. The molecule has 0 spiro atoms. The van der Waals surface area contributed by atoms with Crippen molar-refractivity contribution in [2.24, 2.45) is 0 Å². The molecule has 1 amide bonds. The van der Waals surface area contributed by atoms with E-state index in [0.29, 0.717) is 17.0 Å². The Bertz CT molecular complexity index is 611. The summed E-state index contributed by atoms with van der Waals surface area (Å²) in [4.78, 5) is 15.5. The molecule has 0 radical (unpaired) electrons. The molecule has 1 heterocycles. The summed E-state index contributed by atoms with van der Waals surface area (Å²) in [5.74, 6) is 0.581. The van der Waals surface area contributed by atoms with Gasteiger partial charge in [0.05, 0.1) is 12.7 Å². The Morgan fingerprint density at radius 3 is 2.76 bits per heavy atom. The molecule has 0 saturated heterocycles. The fourth-order valence-corrected chi connectivity index (χ4v) is 2.94. The van der Waals surface area contributed by atoms with Crippen molar-refractivity contribution in [1.29, 1.82) is 0 Å². The molecule has 2 rings (SSSR count). The summed E-state index contributed by atoms with van der Waals surface area (Å²) in [5, 5.41) is 2.05. The van der Waals surface area contributed by atoms with Gasteiger partial charge in [0, 0.05) is 36.1 Å². The summed E-state index contributed by atoms with van der Waals surface area (Å²) in [6.45, 7) is 2.04. The Balaban J connectivity index is 2.11. The second-order valence-electron chi connectivity index (χ2n) is 5.00. The van der Waals surface area contributed by atoms with Crippen LogP contribution in [-0.4, -0.2) is 31.0 Å². The number of nitrogens with zero attached hydrogens (tertiary/aromatic N) is 1. The standard InChI is InChI=1S/C16H20N2O2S/c1-11(9-13-5-4-8-21-13)18(2)16(19)14-7-6-12(20-3)10-15(14)17/h4-8,10-11H,9,17H2,1-3H3. The van der Waals surface area contributed by atoms with Crippen LogP contribution in [0.25, 0.3) is 0 Å². The van der Waals surface area contributed by atoms with E-state index in [2.05, 4.69) is 6.07 Å². The zero-order valence-corrected chi connectivity index (χ0v) is 13.3. The first-order valence-corrected chi connectivity index (χ1v) is 7.64. The van der Waals surface area contributed by atoms with E-state index in [-0.39, 0.29) is 11.9 Å². The fraction of sp³-hybridized carbons (Fsp3) is 0.312. The van der Waals surface area contributed by atoms with Gasteiger partial charge in [-0.25, -0.2) is 0 Å². The highest BCUT2D eigenvalue weighted by atomic mass is 32.1. The number of likely N-dealkylation sites (N-methyl/N-ethyl adjacent to an activating group) is 1. The van der Waals surface area contributed by atoms with Crippen molar-refractivity contribution >= 4 is 22.9 Å². The number of hydrogen-bond acceptors (Lipinski definition) is 4. The molecule has 0 aliphatic rings. The maximum Gasteiger partial charge on any atom is 0.255 e. The van der Waals surface area contributed by atoms with E-state index < -0.39 is 0 Å². The third-order valence-electron chi connectivity index (χ3n) is 3.55. The molecule has 21 heavy (non-hydrogen) atoms. The van der Waals surface area contributed by atoms with Crippen LogP contribution < -0.4 is 10.5 Å². The van der Waals surface area contributed by atoms with Gasteiger partial charge in [0.25, 0.3) is 5.91 Å². The van der Waals surface area contributed by atoms with Gasteiger partial charge >= 0.3 is 0 Å². The van der Waals surface area contributed by atoms with Crippen LogP contribution in [-0.2, 0) is 6.42 Å². The fourth-order valence-electron chi connectivity index (χ4n) is 2.11. The van der Waals surface area contributed by atoms with E-state index in [9.17, 15) is 4.79 Å². The first-order chi connectivity index (χ1) is 10.0. The summed E-state index contributed by atoms with van der Waals surface area (Å²) in [5.41, 5.74) is 6.90. The number of benzene rings is 1. The van der Waals surface area contributed by atoms with E-state index in [1.54, 1.807) is 41.5 Å². The summed E-state index contributed by atoms with van der Waals surface area (Å²) in [6, 6.07) is 9.35. The van der Waals surface area contributed by atoms with Gasteiger partial charge in [-0.3, -0.25) is 4.79 Å². The van der Waals surface area contributed by atoms with Crippen LogP contribution >= 0.6 is 11.3 Å². The third-order valence-corrected chi connectivity index (χ3v) is 4.45. The number of carbonyl (C=O) groups is 1. The van der Waals surface area contributed by atoms with E-state index in [4.69, 9.17) is 10.5 Å². The highest BCUT2D eigenvalue weighted by Crippen LogP contribution is 2.22. The molecule has 1 aromatic carbocycles. The van der Waals surface area contributed by atoms with Gasteiger partial charge in [0.15, 0.2) is 0 Å². The number of thiophene rings is 1. The van der Waals surface area contributed by atoms with Crippen LogP contribution in [0.2, 0.25) is 0 Å². The molecule has 2 N–H and O–H groups in total. The van der Waals surface area contributed by atoms with Crippen molar-refractivity contribution in [3.05, 3.63) is 46.2 Å². The lowest BCUT2D eigenvalue weighted by molar-refractivity contribution is 0.0745. The van der Waals surface area contributed by atoms with Crippen LogP contribution in [0.3, 0.4) is 0 Å². The molecule has 4 nitrogen and oxygen atoms in total. The molecule has 0 fully saturated rings. The quantitative estimate of drug-likeness (QED) is 0.864. The van der Waals surface area contributed by atoms with Crippen molar-refractivity contribution < 1.29 is 9.53 Å². The Labute approximate surface area is 129 Å². The Morgan fingerprint density at radius 2 is 2.19 bits per heavy atom. The Morgan fingerprint density at radius 1 is 1.43 bits per heavy atom. The predicted molar refractivity (Wildman–Crippen MR) is 87.0 cm³/mol. The van der Waals surface area contributed by atoms with Crippen molar-refractivity contribution in [2.75, 3.05) is 19.9 Å². The van der Waals surface area contributed by atoms with E-state index >= 15 is 0 Å². The third kappa shape index (κ3) is 3.55. The Kier molecular flexibility index (Phi) is 4.85. The van der Waals surface area contributed by atoms with Crippen molar-refractivity contribution in [2.45, 2.75) is 19.4 Å². The highest BCUT2D eigenvalue weighted by molar-refractivity contribution is 7.09. The molecule has 0 aliphatic heterocycles. The SMILES string of the molecule is COc1ccc(C(=O)N(C)C(C)Cc2cccs2)c(N)c1. The average Bonchev–Trinajstić information content (AvgIpc) is 2.98. The first-order valence-electron chi connectivity index (χ1n) is 6.76. The van der Waals surface area contributed by atoms with Crippen molar-refractivity contribution in [1.82, 2.24) is 4.90 Å². The lowest BCUT2D eigenvalue weighted by Crippen LogP contribution is -2.36. The predicted octanol–water partition coefficient (Wildman–Crippen LogP) is 3.04. The van der Waals surface area contributed by atoms with Gasteiger partial charge in [-0.15, -0.1) is 11.3 Å². The molecule has 1 unspecified atom stereocenters. The monoisotopic (exact) mass is 304 g/mol. The molecule has 2 aromatic rings. The number of rotatable bonds is 5. The molecule has 0 bridgehead atoms. The lowest BCUT2D eigenvalue weighted by Gasteiger charge is -2.25. The average molecular weight is 304 g/mol. The van der Waals surface area contributed by atoms with Gasteiger partial charge < -0.3 is 15.4 Å². The number of nitrogen functional groups attached to an aromatic ring is 1. The minimum atomic E-state index is -0.0702. The maximum absolute atomic E-state index is 12.5. The normalized spacial score (nSPS) is 12.0. The number of anilines is 1. The zero-order chi connectivity index (χ0) is 15.4. The highest BCUT2D eigenvalue weighted by Gasteiger charge is 2.20. The van der Waals surface area contributed by atoms with Crippen molar-refractivity contribution in [3.8, 4) is 5.75 Å². The van der Waals surface area contributed by atoms with Crippen LogP contribution in [0.15, 0.2) is 35.7 Å². The largest absolute Gasteiger partial charge is 0.497 e. The zero-order valence-electron chi connectivity index (χ0n) is 12.5. The second-order valence-corrected chi connectivity index (χ2v) is 6.03. The summed E-state index contributed by atoms with van der Waals surface area (Å²) in [6.07, 6.45) is 0.843. The minimum absolute atomic E-state index is 0.0702. The molecule has 1 aromatic heterocycles.